The minimum atomic E-state index is -0.250. The molecule has 2 heterocycles. The molecule has 0 bridgehead atoms. The summed E-state index contributed by atoms with van der Waals surface area (Å²) in [6, 6.07) is 9.55. The molecule has 1 saturated heterocycles. The zero-order chi connectivity index (χ0) is 16.2. The zero-order valence-corrected chi connectivity index (χ0v) is 13.4. The van der Waals surface area contributed by atoms with Crippen molar-refractivity contribution in [3.05, 3.63) is 42.2 Å². The van der Waals surface area contributed by atoms with Gasteiger partial charge in [0.05, 0.1) is 31.1 Å². The Labute approximate surface area is 135 Å². The normalized spacial score (nSPS) is 18.6. The third-order valence-electron chi connectivity index (χ3n) is 4.02. The lowest BCUT2D eigenvalue weighted by Gasteiger charge is -2.19. The van der Waals surface area contributed by atoms with Crippen molar-refractivity contribution in [1.82, 2.24) is 15.1 Å². The van der Waals surface area contributed by atoms with E-state index in [1.54, 1.807) is 10.9 Å². The average molecular weight is 315 g/mol. The molecule has 1 fully saturated rings. The Kier molecular flexibility index (Phi) is 4.62. The predicted molar refractivity (Wildman–Crippen MR) is 86.0 cm³/mol. The first kappa shape index (κ1) is 15.6. The molecule has 0 saturated carbocycles. The minimum Gasteiger partial charge on any atom is -0.493 e. The van der Waals surface area contributed by atoms with Crippen molar-refractivity contribution >= 4 is 5.91 Å². The number of benzene rings is 1. The third-order valence-corrected chi connectivity index (χ3v) is 4.02. The average Bonchev–Trinajstić information content (AvgIpc) is 3.25. The highest BCUT2D eigenvalue weighted by Crippen LogP contribution is 2.21. The number of nitrogens with one attached hydrogen (secondary N) is 1. The largest absolute Gasteiger partial charge is 0.493 e. The first-order valence-corrected chi connectivity index (χ1v) is 7.80. The fraction of sp³-hybridized carbons (Fsp3) is 0.412. The number of carbonyl (C=O) groups excluding carboxylic acids is 1. The lowest BCUT2D eigenvalue weighted by molar-refractivity contribution is 0.0707. The summed E-state index contributed by atoms with van der Waals surface area (Å²) in [4.78, 5) is 12.5. The number of hydrogen-bond donors (Lipinski definition) is 1. The molecule has 1 aliphatic heterocycles. The Morgan fingerprint density at radius 1 is 1.43 bits per heavy atom. The van der Waals surface area contributed by atoms with Crippen molar-refractivity contribution in [1.29, 1.82) is 0 Å². The van der Waals surface area contributed by atoms with E-state index in [1.165, 1.54) is 7.11 Å². The van der Waals surface area contributed by atoms with Crippen LogP contribution in [0.4, 0.5) is 0 Å². The van der Waals surface area contributed by atoms with E-state index in [9.17, 15) is 4.79 Å². The molecule has 2 atom stereocenters. The highest BCUT2D eigenvalue weighted by Gasteiger charge is 2.26. The van der Waals surface area contributed by atoms with Gasteiger partial charge in [-0.05, 0) is 31.9 Å². The number of rotatable bonds is 5. The smallest absolute Gasteiger partial charge is 0.275 e. The first-order valence-electron chi connectivity index (χ1n) is 7.80. The fourth-order valence-electron chi connectivity index (χ4n) is 2.74. The summed E-state index contributed by atoms with van der Waals surface area (Å²) in [6.45, 7) is 2.71. The first-order chi connectivity index (χ1) is 11.2. The molecular formula is C17H21N3O3. The van der Waals surface area contributed by atoms with Crippen LogP contribution in [0.5, 0.6) is 5.75 Å². The van der Waals surface area contributed by atoms with Crippen LogP contribution in [0, 0.1) is 0 Å². The number of aromatic nitrogens is 2. The molecule has 122 valence electrons. The second-order valence-corrected chi connectivity index (χ2v) is 5.64. The van der Waals surface area contributed by atoms with Crippen LogP contribution in [0.2, 0.25) is 0 Å². The number of para-hydroxylation sites is 1. The molecule has 1 amide bonds. The number of methoxy groups -OCH3 is 1. The summed E-state index contributed by atoms with van der Waals surface area (Å²) in [5.74, 6) is 0.199. The Bertz CT molecular complexity index is 663. The zero-order valence-electron chi connectivity index (χ0n) is 13.4. The molecule has 0 radical (unpaired) electrons. The molecule has 0 aliphatic carbocycles. The van der Waals surface area contributed by atoms with Crippen LogP contribution in [-0.2, 0) is 4.74 Å². The van der Waals surface area contributed by atoms with Gasteiger partial charge in [0.2, 0.25) is 0 Å². The van der Waals surface area contributed by atoms with Crippen molar-refractivity contribution in [2.75, 3.05) is 13.7 Å². The second-order valence-electron chi connectivity index (χ2n) is 5.64. The van der Waals surface area contributed by atoms with Gasteiger partial charge in [0.25, 0.3) is 5.91 Å². The monoisotopic (exact) mass is 315 g/mol. The van der Waals surface area contributed by atoms with E-state index >= 15 is 0 Å². The molecule has 23 heavy (non-hydrogen) atoms. The van der Waals surface area contributed by atoms with Gasteiger partial charge >= 0.3 is 0 Å². The standard InChI is InChI=1S/C17H21N3O3/c1-12(14-9-6-10-23-14)18-17(21)16-15(22-2)11-20(19-16)13-7-4-3-5-8-13/h3-5,7-8,11-12,14H,6,9-10H2,1-2H3,(H,18,21)/t12-,14-/m1/s1. The van der Waals surface area contributed by atoms with E-state index in [4.69, 9.17) is 9.47 Å². The summed E-state index contributed by atoms with van der Waals surface area (Å²) in [6.07, 6.45) is 3.79. The maximum atomic E-state index is 12.5. The van der Waals surface area contributed by atoms with Gasteiger partial charge in [0.1, 0.15) is 0 Å². The van der Waals surface area contributed by atoms with E-state index in [-0.39, 0.29) is 23.7 Å². The van der Waals surface area contributed by atoms with Crippen LogP contribution in [0.3, 0.4) is 0 Å². The molecule has 1 aromatic carbocycles. The maximum absolute atomic E-state index is 12.5. The van der Waals surface area contributed by atoms with Crippen LogP contribution in [0.15, 0.2) is 36.5 Å². The van der Waals surface area contributed by atoms with Gasteiger partial charge in [-0.1, -0.05) is 18.2 Å². The summed E-state index contributed by atoms with van der Waals surface area (Å²) in [5, 5.41) is 7.33. The van der Waals surface area contributed by atoms with Crippen LogP contribution in [-0.4, -0.2) is 41.6 Å². The highest BCUT2D eigenvalue weighted by molar-refractivity contribution is 5.95. The lowest BCUT2D eigenvalue weighted by atomic mass is 10.1. The van der Waals surface area contributed by atoms with Gasteiger partial charge in [0.15, 0.2) is 11.4 Å². The van der Waals surface area contributed by atoms with Crippen LogP contribution in [0.1, 0.15) is 30.3 Å². The van der Waals surface area contributed by atoms with Gasteiger partial charge in [-0.25, -0.2) is 4.68 Å². The molecule has 2 aromatic rings. The summed E-state index contributed by atoms with van der Waals surface area (Å²) in [7, 11) is 1.53. The van der Waals surface area contributed by atoms with E-state index in [0.29, 0.717) is 5.75 Å². The van der Waals surface area contributed by atoms with Crippen molar-refractivity contribution in [3.8, 4) is 11.4 Å². The van der Waals surface area contributed by atoms with Crippen molar-refractivity contribution in [2.45, 2.75) is 31.9 Å². The van der Waals surface area contributed by atoms with E-state index in [0.717, 1.165) is 25.1 Å². The SMILES string of the molecule is COc1cn(-c2ccccc2)nc1C(=O)N[C@H](C)[C@H]1CCCO1. The number of hydrogen-bond acceptors (Lipinski definition) is 4. The van der Waals surface area contributed by atoms with Gasteiger partial charge in [0, 0.05) is 6.61 Å². The Morgan fingerprint density at radius 2 is 2.22 bits per heavy atom. The predicted octanol–water partition coefficient (Wildman–Crippen LogP) is 2.18. The number of nitrogens with zero attached hydrogens (tertiary/aromatic N) is 2. The summed E-state index contributed by atoms with van der Waals surface area (Å²) in [5.41, 5.74) is 1.15. The quantitative estimate of drug-likeness (QED) is 0.918. The maximum Gasteiger partial charge on any atom is 0.275 e. The Morgan fingerprint density at radius 3 is 2.87 bits per heavy atom. The molecule has 0 spiro atoms. The van der Waals surface area contributed by atoms with E-state index in [1.807, 2.05) is 37.3 Å². The lowest BCUT2D eigenvalue weighted by Crippen LogP contribution is -2.41. The Balaban J connectivity index is 1.78. The number of carbonyl (C=O) groups is 1. The topological polar surface area (TPSA) is 65.4 Å². The molecule has 6 nitrogen and oxygen atoms in total. The van der Waals surface area contributed by atoms with E-state index in [2.05, 4.69) is 10.4 Å². The fourth-order valence-corrected chi connectivity index (χ4v) is 2.74. The molecule has 6 heteroatoms. The molecule has 0 unspecified atom stereocenters. The molecule has 3 rings (SSSR count). The summed E-state index contributed by atoms with van der Waals surface area (Å²) < 4.78 is 12.6. The number of amides is 1. The van der Waals surface area contributed by atoms with Gasteiger partial charge in [-0.15, -0.1) is 0 Å². The second kappa shape index (κ2) is 6.83. The highest BCUT2D eigenvalue weighted by atomic mass is 16.5. The molecule has 1 aromatic heterocycles. The molecule has 1 N–H and O–H groups in total. The van der Waals surface area contributed by atoms with E-state index < -0.39 is 0 Å². The minimum absolute atomic E-state index is 0.0587. The van der Waals surface area contributed by atoms with Crippen LogP contribution >= 0.6 is 0 Å². The van der Waals surface area contributed by atoms with Crippen LogP contribution < -0.4 is 10.1 Å². The molecular weight excluding hydrogens is 294 g/mol. The van der Waals surface area contributed by atoms with Crippen molar-refractivity contribution < 1.29 is 14.3 Å². The molecule has 1 aliphatic rings. The summed E-state index contributed by atoms with van der Waals surface area (Å²) >= 11 is 0. The van der Waals surface area contributed by atoms with Crippen LogP contribution in [0.25, 0.3) is 5.69 Å². The van der Waals surface area contributed by atoms with Gasteiger partial charge in [-0.2, -0.15) is 5.10 Å². The van der Waals surface area contributed by atoms with Crippen molar-refractivity contribution in [2.24, 2.45) is 0 Å². The van der Waals surface area contributed by atoms with Crippen molar-refractivity contribution in [3.63, 3.8) is 0 Å². The Hall–Kier alpha value is -2.34. The third kappa shape index (κ3) is 3.37. The van der Waals surface area contributed by atoms with Gasteiger partial charge in [-0.3, -0.25) is 4.79 Å². The number of ether oxygens (including phenoxy) is 2. The van der Waals surface area contributed by atoms with Gasteiger partial charge < -0.3 is 14.8 Å².